The zero-order valence-electron chi connectivity index (χ0n) is 15.8. The van der Waals surface area contributed by atoms with Crippen molar-refractivity contribution in [1.29, 1.82) is 0 Å². The number of halogens is 4. The van der Waals surface area contributed by atoms with E-state index < -0.39 is 11.7 Å². The van der Waals surface area contributed by atoms with Crippen LogP contribution in [0.3, 0.4) is 0 Å². The first-order valence-corrected chi connectivity index (χ1v) is 9.40. The van der Waals surface area contributed by atoms with E-state index in [0.717, 1.165) is 12.1 Å². The average molecular weight is 427 g/mol. The third-order valence-electron chi connectivity index (χ3n) is 3.84. The van der Waals surface area contributed by atoms with Gasteiger partial charge in [0.15, 0.2) is 5.96 Å². The Hall–Kier alpha value is -2.74. The third-order valence-corrected chi connectivity index (χ3v) is 4.17. The Kier molecular flexibility index (Phi) is 8.33. The van der Waals surface area contributed by atoms with Crippen LogP contribution >= 0.6 is 11.6 Å². The second kappa shape index (κ2) is 10.7. The van der Waals surface area contributed by atoms with Crippen molar-refractivity contribution in [3.8, 4) is 0 Å². The summed E-state index contributed by atoms with van der Waals surface area (Å²) in [6.07, 6.45) is -4.39. The zero-order chi connectivity index (χ0) is 21.3. The van der Waals surface area contributed by atoms with Crippen molar-refractivity contribution < 1.29 is 18.0 Å². The number of carbonyl (C=O) groups is 1. The lowest BCUT2D eigenvalue weighted by Crippen LogP contribution is -2.41. The van der Waals surface area contributed by atoms with Gasteiger partial charge < -0.3 is 16.0 Å². The molecule has 5 nitrogen and oxygen atoms in total. The van der Waals surface area contributed by atoms with Gasteiger partial charge in [0, 0.05) is 19.6 Å². The number of nitrogens with zero attached hydrogens (tertiary/aromatic N) is 1. The highest BCUT2D eigenvalue weighted by molar-refractivity contribution is 6.33. The Labute approximate surface area is 172 Å². The fourth-order valence-corrected chi connectivity index (χ4v) is 2.68. The van der Waals surface area contributed by atoms with Gasteiger partial charge in [-0.05, 0) is 36.8 Å². The molecule has 0 saturated heterocycles. The molecule has 0 unspecified atom stereocenters. The Bertz CT molecular complexity index is 856. The number of guanidine groups is 1. The van der Waals surface area contributed by atoms with Crippen molar-refractivity contribution >= 4 is 23.5 Å². The van der Waals surface area contributed by atoms with Gasteiger partial charge in [0.25, 0.3) is 5.91 Å². The first-order valence-electron chi connectivity index (χ1n) is 9.02. The maximum absolute atomic E-state index is 12.8. The summed E-state index contributed by atoms with van der Waals surface area (Å²) in [6.45, 7) is 3.24. The van der Waals surface area contributed by atoms with Crippen molar-refractivity contribution in [2.45, 2.75) is 19.6 Å². The molecule has 0 aliphatic heterocycles. The molecule has 1 amide bonds. The summed E-state index contributed by atoms with van der Waals surface area (Å²) in [4.78, 5) is 16.4. The molecule has 156 valence electrons. The largest absolute Gasteiger partial charge is 0.416 e. The van der Waals surface area contributed by atoms with Crippen LogP contribution < -0.4 is 16.0 Å². The highest BCUT2D eigenvalue weighted by Gasteiger charge is 2.30. The topological polar surface area (TPSA) is 65.5 Å². The highest BCUT2D eigenvalue weighted by atomic mass is 35.5. The van der Waals surface area contributed by atoms with E-state index in [1.165, 1.54) is 6.07 Å². The lowest BCUT2D eigenvalue weighted by Gasteiger charge is -2.12. The lowest BCUT2D eigenvalue weighted by molar-refractivity contribution is -0.137. The molecule has 2 rings (SSSR count). The van der Waals surface area contributed by atoms with E-state index in [2.05, 4.69) is 20.9 Å². The molecule has 0 heterocycles. The van der Waals surface area contributed by atoms with Crippen LogP contribution in [0.2, 0.25) is 5.02 Å². The van der Waals surface area contributed by atoms with Crippen LogP contribution in [0.5, 0.6) is 0 Å². The van der Waals surface area contributed by atoms with Crippen LogP contribution in [0.4, 0.5) is 13.2 Å². The maximum Gasteiger partial charge on any atom is 0.416 e. The van der Waals surface area contributed by atoms with Gasteiger partial charge in [0.1, 0.15) is 0 Å². The summed E-state index contributed by atoms with van der Waals surface area (Å²) in [5.41, 5.74) is 0.133. The van der Waals surface area contributed by atoms with E-state index in [9.17, 15) is 18.0 Å². The molecule has 0 aliphatic rings. The summed E-state index contributed by atoms with van der Waals surface area (Å²) in [5, 5.41) is 9.15. The van der Waals surface area contributed by atoms with Gasteiger partial charge in [-0.1, -0.05) is 35.9 Å². The molecule has 0 saturated carbocycles. The van der Waals surface area contributed by atoms with Gasteiger partial charge in [-0.2, -0.15) is 13.2 Å². The number of amides is 1. The fourth-order valence-electron chi connectivity index (χ4n) is 2.46. The van der Waals surface area contributed by atoms with Crippen molar-refractivity contribution in [3.05, 3.63) is 70.2 Å². The first-order chi connectivity index (χ1) is 13.8. The van der Waals surface area contributed by atoms with Crippen molar-refractivity contribution in [2.24, 2.45) is 4.99 Å². The standard InChI is InChI=1S/C20H22ClF3N4O/c1-2-25-19(28-13-14-6-5-7-15(12-14)20(22,23)24)27-11-10-26-18(29)16-8-3-4-9-17(16)21/h3-9,12H,2,10-11,13H2,1H3,(H,26,29)(H2,25,27,28). The van der Waals surface area contributed by atoms with Crippen molar-refractivity contribution in [2.75, 3.05) is 19.6 Å². The number of carbonyl (C=O) groups excluding carboxylic acids is 1. The molecule has 3 N–H and O–H groups in total. The summed E-state index contributed by atoms with van der Waals surface area (Å²) in [6, 6.07) is 11.8. The van der Waals surface area contributed by atoms with Crippen LogP contribution in [0.25, 0.3) is 0 Å². The molecule has 0 bridgehead atoms. The van der Waals surface area contributed by atoms with E-state index in [4.69, 9.17) is 11.6 Å². The van der Waals surface area contributed by atoms with Gasteiger partial charge in [-0.3, -0.25) is 4.79 Å². The van der Waals surface area contributed by atoms with E-state index in [1.807, 2.05) is 6.92 Å². The molecule has 2 aromatic rings. The molecule has 0 aliphatic carbocycles. The quantitative estimate of drug-likeness (QED) is 0.358. The first kappa shape index (κ1) is 22.5. The predicted octanol–water partition coefficient (Wildman–Crippen LogP) is 3.84. The lowest BCUT2D eigenvalue weighted by atomic mass is 10.1. The van der Waals surface area contributed by atoms with Gasteiger partial charge in [0.2, 0.25) is 0 Å². The number of alkyl halides is 3. The average Bonchev–Trinajstić information content (AvgIpc) is 2.69. The SMILES string of the molecule is CCNC(=NCc1cccc(C(F)(F)F)c1)NCCNC(=O)c1ccccc1Cl. The number of aliphatic imine (C=N–C) groups is 1. The Morgan fingerprint density at radius 2 is 1.76 bits per heavy atom. The van der Waals surface area contributed by atoms with Gasteiger partial charge >= 0.3 is 6.18 Å². The molecule has 0 radical (unpaired) electrons. The van der Waals surface area contributed by atoms with Crippen molar-refractivity contribution in [1.82, 2.24) is 16.0 Å². The number of benzene rings is 2. The molecule has 9 heteroatoms. The van der Waals surface area contributed by atoms with Crippen LogP contribution in [-0.2, 0) is 12.7 Å². The van der Waals surface area contributed by atoms with Gasteiger partial charge in [-0.15, -0.1) is 0 Å². The van der Waals surface area contributed by atoms with E-state index in [1.54, 1.807) is 30.3 Å². The van der Waals surface area contributed by atoms with Crippen molar-refractivity contribution in [3.63, 3.8) is 0 Å². The number of rotatable bonds is 7. The zero-order valence-corrected chi connectivity index (χ0v) is 16.6. The maximum atomic E-state index is 12.8. The number of hydrogen-bond acceptors (Lipinski definition) is 2. The Morgan fingerprint density at radius 3 is 2.45 bits per heavy atom. The fraction of sp³-hybridized carbons (Fsp3) is 0.300. The summed E-state index contributed by atoms with van der Waals surface area (Å²) < 4.78 is 38.4. The molecule has 0 fully saturated rings. The van der Waals surface area contributed by atoms with Crippen LogP contribution in [0.1, 0.15) is 28.4 Å². The smallest absolute Gasteiger partial charge is 0.357 e. The van der Waals surface area contributed by atoms with Crippen LogP contribution in [-0.4, -0.2) is 31.5 Å². The summed E-state index contributed by atoms with van der Waals surface area (Å²) in [7, 11) is 0. The third kappa shape index (κ3) is 7.30. The molecule has 2 aromatic carbocycles. The normalized spacial score (nSPS) is 11.8. The summed E-state index contributed by atoms with van der Waals surface area (Å²) >= 11 is 5.99. The molecular formula is C20H22ClF3N4O. The minimum atomic E-state index is -4.39. The monoisotopic (exact) mass is 426 g/mol. The molecular weight excluding hydrogens is 405 g/mol. The van der Waals surface area contributed by atoms with Crippen LogP contribution in [0, 0.1) is 0 Å². The molecule has 29 heavy (non-hydrogen) atoms. The molecule has 0 aromatic heterocycles. The predicted molar refractivity (Wildman–Crippen MR) is 108 cm³/mol. The number of nitrogens with one attached hydrogen (secondary N) is 3. The van der Waals surface area contributed by atoms with E-state index >= 15 is 0 Å². The second-order valence-corrected chi connectivity index (χ2v) is 6.46. The van der Waals surface area contributed by atoms with Gasteiger partial charge in [-0.25, -0.2) is 4.99 Å². The highest BCUT2D eigenvalue weighted by Crippen LogP contribution is 2.29. The van der Waals surface area contributed by atoms with E-state index in [0.29, 0.717) is 41.7 Å². The minimum absolute atomic E-state index is 0.0885. The molecule has 0 spiro atoms. The Morgan fingerprint density at radius 1 is 1.03 bits per heavy atom. The van der Waals surface area contributed by atoms with E-state index in [-0.39, 0.29) is 12.5 Å². The Balaban J connectivity index is 1.88. The minimum Gasteiger partial charge on any atom is -0.357 e. The van der Waals surface area contributed by atoms with Gasteiger partial charge in [0.05, 0.1) is 22.7 Å². The summed E-state index contributed by atoms with van der Waals surface area (Å²) in [5.74, 6) is 0.153. The second-order valence-electron chi connectivity index (χ2n) is 6.06. The number of hydrogen-bond donors (Lipinski definition) is 3. The van der Waals surface area contributed by atoms with Crippen LogP contribution in [0.15, 0.2) is 53.5 Å². The molecule has 0 atom stereocenters.